The van der Waals surface area contributed by atoms with Crippen LogP contribution in [0.5, 0.6) is 11.5 Å². The molecule has 124 valence electrons. The molecule has 0 N–H and O–H groups in total. The Hall–Kier alpha value is -2.47. The second-order valence-corrected chi connectivity index (χ2v) is 5.96. The lowest BCUT2D eigenvalue weighted by Crippen LogP contribution is -2.16. The SMILES string of the molecule is O=c1oc2cccnc2n1CCc1cc(Cl)c2c(c1)OCCCO2. The maximum Gasteiger partial charge on any atom is 0.421 e. The minimum atomic E-state index is -0.413. The van der Waals surface area contributed by atoms with Crippen molar-refractivity contribution >= 4 is 22.8 Å². The molecule has 0 atom stereocenters. The molecule has 0 saturated carbocycles. The molecule has 0 unspecified atom stereocenters. The zero-order valence-corrected chi connectivity index (χ0v) is 13.6. The van der Waals surface area contributed by atoms with Crippen molar-refractivity contribution in [2.45, 2.75) is 19.4 Å². The molecule has 6 nitrogen and oxygen atoms in total. The summed E-state index contributed by atoms with van der Waals surface area (Å²) < 4.78 is 18.0. The first-order chi connectivity index (χ1) is 11.7. The summed E-state index contributed by atoms with van der Waals surface area (Å²) >= 11 is 6.30. The Balaban J connectivity index is 1.62. The quantitative estimate of drug-likeness (QED) is 0.729. The van der Waals surface area contributed by atoms with Gasteiger partial charge in [0.2, 0.25) is 0 Å². The fourth-order valence-corrected chi connectivity index (χ4v) is 3.05. The summed E-state index contributed by atoms with van der Waals surface area (Å²) in [5.74, 6) is 0.826. The molecule has 24 heavy (non-hydrogen) atoms. The Labute approximate surface area is 142 Å². The molecule has 7 heteroatoms. The first-order valence-corrected chi connectivity index (χ1v) is 8.12. The molecule has 1 aliphatic rings. The Morgan fingerprint density at radius 1 is 1.25 bits per heavy atom. The zero-order valence-electron chi connectivity index (χ0n) is 12.8. The highest BCUT2D eigenvalue weighted by Crippen LogP contribution is 2.38. The maximum absolute atomic E-state index is 12.0. The number of hydrogen-bond donors (Lipinski definition) is 0. The van der Waals surface area contributed by atoms with E-state index in [-0.39, 0.29) is 0 Å². The Morgan fingerprint density at radius 2 is 2.12 bits per heavy atom. The van der Waals surface area contributed by atoms with Gasteiger partial charge in [-0.2, -0.15) is 0 Å². The lowest BCUT2D eigenvalue weighted by atomic mass is 10.1. The minimum absolute atomic E-state index is 0.413. The maximum atomic E-state index is 12.0. The molecular weight excluding hydrogens is 332 g/mol. The van der Waals surface area contributed by atoms with Gasteiger partial charge in [0.1, 0.15) is 0 Å². The fraction of sp³-hybridized carbons (Fsp3) is 0.294. The van der Waals surface area contributed by atoms with E-state index in [0.29, 0.717) is 53.9 Å². The Kier molecular flexibility index (Phi) is 3.90. The van der Waals surface area contributed by atoms with E-state index in [1.165, 1.54) is 4.57 Å². The fourth-order valence-electron chi connectivity index (χ4n) is 2.77. The van der Waals surface area contributed by atoms with E-state index in [4.69, 9.17) is 25.5 Å². The van der Waals surface area contributed by atoms with Gasteiger partial charge >= 0.3 is 5.76 Å². The van der Waals surface area contributed by atoms with E-state index in [1.54, 1.807) is 18.3 Å². The van der Waals surface area contributed by atoms with Crippen LogP contribution in [0.1, 0.15) is 12.0 Å². The summed E-state index contributed by atoms with van der Waals surface area (Å²) in [6.45, 7) is 1.63. The number of aryl methyl sites for hydroxylation is 2. The van der Waals surface area contributed by atoms with E-state index < -0.39 is 5.76 Å². The van der Waals surface area contributed by atoms with Gasteiger partial charge in [0.05, 0.1) is 18.2 Å². The highest BCUT2D eigenvalue weighted by atomic mass is 35.5. The van der Waals surface area contributed by atoms with Crippen LogP contribution < -0.4 is 15.2 Å². The van der Waals surface area contributed by atoms with Crippen LogP contribution in [0.3, 0.4) is 0 Å². The minimum Gasteiger partial charge on any atom is -0.489 e. The second kappa shape index (κ2) is 6.20. The first-order valence-electron chi connectivity index (χ1n) is 7.75. The summed E-state index contributed by atoms with van der Waals surface area (Å²) in [6, 6.07) is 7.22. The van der Waals surface area contributed by atoms with Gasteiger partial charge in [-0.05, 0) is 36.2 Å². The van der Waals surface area contributed by atoms with Crippen LogP contribution in [0.15, 0.2) is 39.7 Å². The normalized spacial score (nSPS) is 13.9. The Bertz CT molecular complexity index is 947. The number of fused-ring (bicyclic) bond motifs is 2. The number of halogens is 1. The van der Waals surface area contributed by atoms with Crippen molar-refractivity contribution < 1.29 is 13.9 Å². The standard InChI is InChI=1S/C17H15ClN2O4/c18-12-9-11(10-14-15(12)23-8-2-7-22-14)4-6-20-16-13(24-17(20)21)3-1-5-19-16/h1,3,5,9-10H,2,4,6-8H2. The molecule has 0 radical (unpaired) electrons. The number of rotatable bonds is 3. The van der Waals surface area contributed by atoms with Crippen LogP contribution in [0.4, 0.5) is 0 Å². The lowest BCUT2D eigenvalue weighted by molar-refractivity contribution is 0.297. The summed E-state index contributed by atoms with van der Waals surface area (Å²) in [5.41, 5.74) is 1.99. The zero-order chi connectivity index (χ0) is 16.5. The van der Waals surface area contributed by atoms with E-state index in [1.807, 2.05) is 12.1 Å². The van der Waals surface area contributed by atoms with Crippen LogP contribution in [-0.4, -0.2) is 22.8 Å². The number of benzene rings is 1. The molecule has 0 spiro atoms. The topological polar surface area (TPSA) is 66.5 Å². The third kappa shape index (κ3) is 2.73. The molecule has 0 bridgehead atoms. The number of nitrogens with zero attached hydrogens (tertiary/aromatic N) is 2. The van der Waals surface area contributed by atoms with Gasteiger partial charge in [0.25, 0.3) is 0 Å². The Morgan fingerprint density at radius 3 is 3.04 bits per heavy atom. The monoisotopic (exact) mass is 346 g/mol. The summed E-state index contributed by atoms with van der Waals surface area (Å²) in [4.78, 5) is 16.2. The van der Waals surface area contributed by atoms with Crippen LogP contribution >= 0.6 is 11.6 Å². The number of ether oxygens (including phenoxy) is 2. The van der Waals surface area contributed by atoms with E-state index >= 15 is 0 Å². The van der Waals surface area contributed by atoms with Crippen LogP contribution in [-0.2, 0) is 13.0 Å². The molecular formula is C17H15ClN2O4. The van der Waals surface area contributed by atoms with Crippen molar-refractivity contribution in [1.29, 1.82) is 0 Å². The van der Waals surface area contributed by atoms with E-state index in [0.717, 1.165) is 12.0 Å². The first kappa shape index (κ1) is 15.1. The lowest BCUT2D eigenvalue weighted by Gasteiger charge is -2.11. The highest BCUT2D eigenvalue weighted by molar-refractivity contribution is 6.32. The summed E-state index contributed by atoms with van der Waals surface area (Å²) in [7, 11) is 0. The second-order valence-electron chi connectivity index (χ2n) is 5.55. The predicted molar refractivity (Wildman–Crippen MR) is 89.0 cm³/mol. The van der Waals surface area contributed by atoms with Gasteiger partial charge in [-0.15, -0.1) is 0 Å². The van der Waals surface area contributed by atoms with Crippen molar-refractivity contribution in [2.24, 2.45) is 0 Å². The number of pyridine rings is 1. The van der Waals surface area contributed by atoms with E-state index in [2.05, 4.69) is 4.98 Å². The van der Waals surface area contributed by atoms with Crippen LogP contribution in [0.2, 0.25) is 5.02 Å². The molecule has 3 heterocycles. The molecule has 4 rings (SSSR count). The third-order valence-corrected chi connectivity index (χ3v) is 4.19. The van der Waals surface area contributed by atoms with Crippen LogP contribution in [0, 0.1) is 0 Å². The molecule has 2 aromatic heterocycles. The predicted octanol–water partition coefficient (Wildman–Crippen LogP) is 3.05. The smallest absolute Gasteiger partial charge is 0.421 e. The van der Waals surface area contributed by atoms with Gasteiger partial charge in [0.15, 0.2) is 22.7 Å². The average Bonchev–Trinajstić information content (AvgIpc) is 2.73. The molecule has 1 aromatic carbocycles. The molecule has 0 saturated heterocycles. The average molecular weight is 347 g/mol. The van der Waals surface area contributed by atoms with Crippen molar-refractivity contribution in [3.63, 3.8) is 0 Å². The van der Waals surface area contributed by atoms with Gasteiger partial charge in [-0.3, -0.25) is 4.57 Å². The molecule has 0 fully saturated rings. The largest absolute Gasteiger partial charge is 0.489 e. The number of hydrogen-bond acceptors (Lipinski definition) is 5. The van der Waals surface area contributed by atoms with Gasteiger partial charge in [-0.1, -0.05) is 11.6 Å². The van der Waals surface area contributed by atoms with Crippen molar-refractivity contribution in [3.8, 4) is 11.5 Å². The molecule has 0 aliphatic carbocycles. The van der Waals surface area contributed by atoms with Crippen molar-refractivity contribution in [2.75, 3.05) is 13.2 Å². The van der Waals surface area contributed by atoms with Crippen molar-refractivity contribution in [3.05, 3.63) is 51.6 Å². The third-order valence-electron chi connectivity index (χ3n) is 3.91. The molecule has 0 amide bonds. The van der Waals surface area contributed by atoms with Gasteiger partial charge in [0, 0.05) is 19.2 Å². The van der Waals surface area contributed by atoms with Crippen LogP contribution in [0.25, 0.3) is 11.2 Å². The number of oxazole rings is 1. The van der Waals surface area contributed by atoms with Gasteiger partial charge < -0.3 is 13.9 Å². The van der Waals surface area contributed by atoms with Crippen molar-refractivity contribution in [1.82, 2.24) is 9.55 Å². The highest BCUT2D eigenvalue weighted by Gasteiger charge is 2.16. The summed E-state index contributed by atoms with van der Waals surface area (Å²) in [5, 5.41) is 0.520. The summed E-state index contributed by atoms with van der Waals surface area (Å²) in [6.07, 6.45) is 3.06. The molecule has 3 aromatic rings. The van der Waals surface area contributed by atoms with Gasteiger partial charge in [-0.25, -0.2) is 9.78 Å². The number of aromatic nitrogens is 2. The molecule has 1 aliphatic heterocycles. The van der Waals surface area contributed by atoms with E-state index in [9.17, 15) is 4.79 Å².